The van der Waals surface area contributed by atoms with Crippen LogP contribution >= 0.6 is 0 Å². The molecule has 7 heteroatoms. The maximum absolute atomic E-state index is 12.0. The molecule has 0 radical (unpaired) electrons. The normalized spacial score (nSPS) is 13.2. The van der Waals surface area contributed by atoms with Gasteiger partial charge in [0.25, 0.3) is 6.43 Å². The van der Waals surface area contributed by atoms with Crippen molar-refractivity contribution in [3.8, 4) is 0 Å². The minimum absolute atomic E-state index is 0.0578. The molecular weight excluding hydrogens is 282 g/mol. The van der Waals surface area contributed by atoms with Gasteiger partial charge in [0.05, 0.1) is 5.52 Å². The fourth-order valence-corrected chi connectivity index (χ4v) is 2.22. The molecule has 1 N–H and O–H groups in total. The molecular formula is C14H18F2N2O3. The van der Waals surface area contributed by atoms with Crippen molar-refractivity contribution in [3.63, 3.8) is 0 Å². The molecule has 2 rings (SSSR count). The van der Waals surface area contributed by atoms with Crippen LogP contribution in [0.5, 0.6) is 0 Å². The van der Waals surface area contributed by atoms with Crippen molar-refractivity contribution < 1.29 is 17.9 Å². The summed E-state index contributed by atoms with van der Waals surface area (Å²) in [4.78, 5) is 11.5. The summed E-state index contributed by atoms with van der Waals surface area (Å²) in [6.07, 6.45) is -1.90. The number of fused-ring (bicyclic) bond motifs is 1. The highest BCUT2D eigenvalue weighted by molar-refractivity contribution is 5.73. The fourth-order valence-electron chi connectivity index (χ4n) is 2.22. The molecule has 1 heterocycles. The quantitative estimate of drug-likeness (QED) is 0.795. The second-order valence-corrected chi connectivity index (χ2v) is 4.75. The van der Waals surface area contributed by atoms with E-state index in [9.17, 15) is 13.6 Å². The highest BCUT2D eigenvalue weighted by Gasteiger charge is 2.13. The Balaban J connectivity index is 2.09. The van der Waals surface area contributed by atoms with Crippen molar-refractivity contribution >= 4 is 11.1 Å². The maximum atomic E-state index is 12.0. The van der Waals surface area contributed by atoms with E-state index >= 15 is 0 Å². The lowest BCUT2D eigenvalue weighted by atomic mass is 10.0. The number of nitrogens with zero attached hydrogens (tertiary/aromatic N) is 1. The number of aryl methyl sites for hydroxylation is 1. The molecule has 116 valence electrons. The molecule has 0 aliphatic rings. The van der Waals surface area contributed by atoms with Crippen LogP contribution < -0.4 is 11.1 Å². The van der Waals surface area contributed by atoms with Crippen LogP contribution in [0.15, 0.2) is 27.4 Å². The van der Waals surface area contributed by atoms with Gasteiger partial charge in [-0.3, -0.25) is 4.57 Å². The van der Waals surface area contributed by atoms with E-state index in [-0.39, 0.29) is 12.6 Å². The van der Waals surface area contributed by atoms with E-state index in [0.29, 0.717) is 17.5 Å². The van der Waals surface area contributed by atoms with Gasteiger partial charge in [-0.2, -0.15) is 0 Å². The number of hydrogen-bond donors (Lipinski definition) is 1. The molecule has 0 aliphatic carbocycles. The molecule has 0 amide bonds. The number of aromatic nitrogens is 1. The smallest absolute Gasteiger partial charge is 0.408 e. The third-order valence-electron chi connectivity index (χ3n) is 3.36. The van der Waals surface area contributed by atoms with Gasteiger partial charge in [0.2, 0.25) is 0 Å². The molecule has 0 spiro atoms. The van der Waals surface area contributed by atoms with Crippen molar-refractivity contribution in [1.82, 2.24) is 9.88 Å². The first-order chi connectivity index (χ1) is 10.0. The third kappa shape index (κ3) is 3.68. The predicted octanol–water partition coefficient (Wildman–Crippen LogP) is 2.06. The number of hydrogen-bond acceptors (Lipinski definition) is 4. The maximum Gasteiger partial charge on any atom is 0.419 e. The van der Waals surface area contributed by atoms with Crippen LogP contribution in [0.3, 0.4) is 0 Å². The molecule has 0 bridgehead atoms. The van der Waals surface area contributed by atoms with Crippen LogP contribution in [0.25, 0.3) is 11.1 Å². The number of halogens is 2. The first-order valence-corrected chi connectivity index (χ1v) is 6.65. The molecule has 0 aliphatic heterocycles. The molecule has 2 aromatic rings. The van der Waals surface area contributed by atoms with Crippen molar-refractivity contribution in [2.45, 2.75) is 18.9 Å². The Kier molecular flexibility index (Phi) is 5.08. The number of oxazole rings is 1. The SMILES string of the molecule is CNC(CCOCC(F)F)c1ccc2c(c1)oc(=O)n2C. The zero-order chi connectivity index (χ0) is 15.4. The second-order valence-electron chi connectivity index (χ2n) is 4.75. The van der Waals surface area contributed by atoms with Gasteiger partial charge in [0, 0.05) is 19.7 Å². The molecule has 0 fully saturated rings. The zero-order valence-corrected chi connectivity index (χ0v) is 11.9. The summed E-state index contributed by atoms with van der Waals surface area (Å²) in [6, 6.07) is 5.41. The van der Waals surface area contributed by atoms with Crippen LogP contribution in [-0.4, -0.2) is 31.3 Å². The fraction of sp³-hybridized carbons (Fsp3) is 0.500. The summed E-state index contributed by atoms with van der Waals surface area (Å²) < 4.78 is 35.4. The van der Waals surface area contributed by atoms with E-state index in [1.54, 1.807) is 26.2 Å². The molecule has 21 heavy (non-hydrogen) atoms. The van der Waals surface area contributed by atoms with Crippen LogP contribution in [0.1, 0.15) is 18.0 Å². The molecule has 1 aromatic heterocycles. The summed E-state index contributed by atoms with van der Waals surface area (Å²) in [5.74, 6) is -0.413. The molecule has 1 unspecified atom stereocenters. The van der Waals surface area contributed by atoms with E-state index in [4.69, 9.17) is 9.15 Å². The second kappa shape index (κ2) is 6.82. The van der Waals surface area contributed by atoms with Crippen molar-refractivity contribution in [2.24, 2.45) is 7.05 Å². The van der Waals surface area contributed by atoms with Gasteiger partial charge in [-0.15, -0.1) is 0 Å². The zero-order valence-electron chi connectivity index (χ0n) is 11.9. The molecule has 1 atom stereocenters. The molecule has 1 aromatic carbocycles. The van der Waals surface area contributed by atoms with E-state index < -0.39 is 18.8 Å². The van der Waals surface area contributed by atoms with Crippen LogP contribution in [0.2, 0.25) is 0 Å². The summed E-state index contributed by atoms with van der Waals surface area (Å²) >= 11 is 0. The number of benzene rings is 1. The third-order valence-corrected chi connectivity index (χ3v) is 3.36. The monoisotopic (exact) mass is 300 g/mol. The number of ether oxygens (including phenoxy) is 1. The lowest BCUT2D eigenvalue weighted by Crippen LogP contribution is -2.19. The standard InChI is InChI=1S/C14H18F2N2O3/c1-17-10(5-6-20-8-13(15)16)9-3-4-11-12(7-9)21-14(19)18(11)2/h3-4,7,10,13,17H,5-6,8H2,1-2H3. The van der Waals surface area contributed by atoms with Gasteiger partial charge in [-0.1, -0.05) is 6.07 Å². The Labute approximate surface area is 120 Å². The van der Waals surface area contributed by atoms with E-state index in [0.717, 1.165) is 5.56 Å². The van der Waals surface area contributed by atoms with Crippen LogP contribution in [0, 0.1) is 0 Å². The van der Waals surface area contributed by atoms with E-state index in [1.807, 2.05) is 6.07 Å². The number of alkyl halides is 2. The minimum Gasteiger partial charge on any atom is -0.408 e. The summed E-state index contributed by atoms with van der Waals surface area (Å²) in [5.41, 5.74) is 2.14. The largest absolute Gasteiger partial charge is 0.419 e. The highest BCUT2D eigenvalue weighted by atomic mass is 19.3. The lowest BCUT2D eigenvalue weighted by molar-refractivity contribution is 0.0145. The molecule has 0 saturated carbocycles. The van der Waals surface area contributed by atoms with Crippen molar-refractivity contribution in [1.29, 1.82) is 0 Å². The Morgan fingerprint density at radius 1 is 1.43 bits per heavy atom. The summed E-state index contributed by atoms with van der Waals surface area (Å²) in [7, 11) is 3.42. The van der Waals surface area contributed by atoms with E-state index in [2.05, 4.69) is 5.32 Å². The first kappa shape index (κ1) is 15.7. The van der Waals surface area contributed by atoms with Gasteiger partial charge >= 0.3 is 5.76 Å². The van der Waals surface area contributed by atoms with Gasteiger partial charge in [0.15, 0.2) is 5.58 Å². The Morgan fingerprint density at radius 3 is 2.86 bits per heavy atom. The van der Waals surface area contributed by atoms with Crippen LogP contribution in [-0.2, 0) is 11.8 Å². The summed E-state index contributed by atoms with van der Waals surface area (Å²) in [5, 5.41) is 3.10. The summed E-state index contributed by atoms with van der Waals surface area (Å²) in [6.45, 7) is -0.324. The van der Waals surface area contributed by atoms with Crippen molar-refractivity contribution in [2.75, 3.05) is 20.3 Å². The Morgan fingerprint density at radius 2 is 2.19 bits per heavy atom. The van der Waals surface area contributed by atoms with Gasteiger partial charge < -0.3 is 14.5 Å². The predicted molar refractivity (Wildman–Crippen MR) is 74.7 cm³/mol. The van der Waals surface area contributed by atoms with Gasteiger partial charge in [0.1, 0.15) is 6.61 Å². The average Bonchev–Trinajstić information content (AvgIpc) is 2.73. The van der Waals surface area contributed by atoms with Gasteiger partial charge in [-0.05, 0) is 31.2 Å². The lowest BCUT2D eigenvalue weighted by Gasteiger charge is -2.16. The van der Waals surface area contributed by atoms with Crippen molar-refractivity contribution in [3.05, 3.63) is 34.3 Å². The highest BCUT2D eigenvalue weighted by Crippen LogP contribution is 2.21. The van der Waals surface area contributed by atoms with E-state index in [1.165, 1.54) is 4.57 Å². The minimum atomic E-state index is -2.45. The Bertz CT molecular complexity index is 651. The number of nitrogens with one attached hydrogen (secondary N) is 1. The first-order valence-electron chi connectivity index (χ1n) is 6.65. The Hall–Kier alpha value is -1.73. The molecule has 5 nitrogen and oxygen atoms in total. The van der Waals surface area contributed by atoms with Gasteiger partial charge in [-0.25, -0.2) is 13.6 Å². The molecule has 0 saturated heterocycles. The topological polar surface area (TPSA) is 56.4 Å². The average molecular weight is 300 g/mol. The number of rotatable bonds is 7. The van der Waals surface area contributed by atoms with Crippen LogP contribution in [0.4, 0.5) is 8.78 Å².